The summed E-state index contributed by atoms with van der Waals surface area (Å²) in [5.41, 5.74) is -0.905. The summed E-state index contributed by atoms with van der Waals surface area (Å²) in [6.45, 7) is 4.78. The highest BCUT2D eigenvalue weighted by Crippen LogP contribution is 2.31. The molecule has 1 aromatic heterocycles. The Morgan fingerprint density at radius 2 is 2.11 bits per heavy atom. The lowest BCUT2D eigenvalue weighted by Gasteiger charge is -2.21. The summed E-state index contributed by atoms with van der Waals surface area (Å²) in [4.78, 5) is 20.8. The number of aryl methyl sites for hydroxylation is 1. The molecule has 1 unspecified atom stereocenters. The van der Waals surface area contributed by atoms with E-state index in [-0.39, 0.29) is 30.4 Å². The third-order valence-electron chi connectivity index (χ3n) is 4.98. The molecule has 1 atom stereocenters. The van der Waals surface area contributed by atoms with E-state index in [0.29, 0.717) is 10.6 Å². The molecule has 4 nitrogen and oxygen atoms in total. The molecular weight excluding hydrogens is 379 g/mol. The highest BCUT2D eigenvalue weighted by molar-refractivity contribution is 6.31. The first kappa shape index (κ1) is 19.9. The summed E-state index contributed by atoms with van der Waals surface area (Å²) in [7, 11) is 0. The molecule has 3 rings (SSSR count). The first-order chi connectivity index (χ1) is 12.6. The molecule has 2 heterocycles. The zero-order chi connectivity index (χ0) is 19.8. The molecule has 27 heavy (non-hydrogen) atoms. The van der Waals surface area contributed by atoms with Crippen LogP contribution in [0.1, 0.15) is 48.0 Å². The number of benzene rings is 1. The smallest absolute Gasteiger partial charge is 0.309 e. The topological polar surface area (TPSA) is 49.0 Å². The summed E-state index contributed by atoms with van der Waals surface area (Å²) in [5, 5.41) is 0.525. The molecule has 146 valence electrons. The second-order valence-electron chi connectivity index (χ2n) is 7.06. The lowest BCUT2D eigenvalue weighted by atomic mass is 10.0. The number of H-pyrrole nitrogens is 1. The lowest BCUT2D eigenvalue weighted by Crippen LogP contribution is -2.31. The molecule has 0 bridgehead atoms. The van der Waals surface area contributed by atoms with Crippen LogP contribution in [-0.4, -0.2) is 27.5 Å². The summed E-state index contributed by atoms with van der Waals surface area (Å²) in [6.07, 6.45) is -2.87. The van der Waals surface area contributed by atoms with Crippen molar-refractivity contribution in [2.75, 3.05) is 6.54 Å². The minimum absolute atomic E-state index is 0.0529. The molecule has 0 aliphatic carbocycles. The Labute approximate surface area is 160 Å². The Hall–Kier alpha value is -1.86. The molecule has 1 saturated heterocycles. The minimum atomic E-state index is -4.70. The van der Waals surface area contributed by atoms with Crippen molar-refractivity contribution in [2.45, 2.75) is 51.9 Å². The third-order valence-corrected chi connectivity index (χ3v) is 5.40. The first-order valence-electron chi connectivity index (χ1n) is 8.83. The monoisotopic (exact) mass is 399 g/mol. The van der Waals surface area contributed by atoms with Gasteiger partial charge in [0.15, 0.2) is 5.69 Å². The number of nitrogens with zero attached hydrogens (tertiary/aromatic N) is 2. The Kier molecular flexibility index (Phi) is 5.63. The van der Waals surface area contributed by atoms with E-state index in [0.717, 1.165) is 24.9 Å². The SMILES string of the molecule is Cc1cc(Cc2c(C(F)(F)F)nc(CN3CCCC3C)[nH]c2=O)ccc1Cl. The molecule has 0 radical (unpaired) electrons. The van der Waals surface area contributed by atoms with Gasteiger partial charge in [-0.3, -0.25) is 9.69 Å². The molecule has 0 amide bonds. The fourth-order valence-electron chi connectivity index (χ4n) is 3.46. The van der Waals surface area contributed by atoms with Crippen LogP contribution < -0.4 is 5.56 Å². The van der Waals surface area contributed by atoms with Crippen molar-refractivity contribution in [3.8, 4) is 0 Å². The van der Waals surface area contributed by atoms with Crippen molar-refractivity contribution in [1.82, 2.24) is 14.9 Å². The van der Waals surface area contributed by atoms with Gasteiger partial charge in [0.1, 0.15) is 5.82 Å². The van der Waals surface area contributed by atoms with E-state index in [2.05, 4.69) is 9.97 Å². The largest absolute Gasteiger partial charge is 0.433 e. The van der Waals surface area contributed by atoms with Crippen LogP contribution in [0.5, 0.6) is 0 Å². The zero-order valence-corrected chi connectivity index (χ0v) is 15.9. The molecule has 1 aliphatic rings. The van der Waals surface area contributed by atoms with Crippen LogP contribution in [0.15, 0.2) is 23.0 Å². The second kappa shape index (κ2) is 7.64. The van der Waals surface area contributed by atoms with E-state index in [4.69, 9.17) is 11.6 Å². The van der Waals surface area contributed by atoms with Crippen molar-refractivity contribution >= 4 is 11.6 Å². The second-order valence-corrected chi connectivity index (χ2v) is 7.47. The van der Waals surface area contributed by atoms with Crippen molar-refractivity contribution in [3.05, 3.63) is 61.8 Å². The lowest BCUT2D eigenvalue weighted by molar-refractivity contribution is -0.142. The van der Waals surface area contributed by atoms with E-state index in [9.17, 15) is 18.0 Å². The average Bonchev–Trinajstić information content (AvgIpc) is 2.97. The number of likely N-dealkylation sites (tertiary alicyclic amines) is 1. The predicted molar refractivity (Wildman–Crippen MR) is 98.0 cm³/mol. The number of aromatic nitrogens is 2. The molecule has 0 spiro atoms. The Morgan fingerprint density at radius 1 is 1.37 bits per heavy atom. The predicted octanol–water partition coefficient (Wildman–Crippen LogP) is 4.33. The summed E-state index contributed by atoms with van der Waals surface area (Å²) >= 11 is 5.97. The van der Waals surface area contributed by atoms with Crippen molar-refractivity contribution < 1.29 is 13.2 Å². The molecule has 0 saturated carbocycles. The first-order valence-corrected chi connectivity index (χ1v) is 9.21. The molecule has 1 fully saturated rings. The molecule has 1 aliphatic heterocycles. The van der Waals surface area contributed by atoms with Gasteiger partial charge in [-0.2, -0.15) is 13.2 Å². The van der Waals surface area contributed by atoms with Crippen molar-refractivity contribution in [2.24, 2.45) is 0 Å². The molecule has 1 aromatic carbocycles. The van der Waals surface area contributed by atoms with Gasteiger partial charge in [0, 0.05) is 17.5 Å². The Morgan fingerprint density at radius 3 is 2.70 bits per heavy atom. The summed E-state index contributed by atoms with van der Waals surface area (Å²) in [5.74, 6) is 0.0529. The third kappa shape index (κ3) is 4.52. The highest BCUT2D eigenvalue weighted by atomic mass is 35.5. The number of aromatic amines is 1. The fourth-order valence-corrected chi connectivity index (χ4v) is 3.58. The van der Waals surface area contributed by atoms with Gasteiger partial charge in [0.05, 0.1) is 12.1 Å². The van der Waals surface area contributed by atoms with Gasteiger partial charge in [0.25, 0.3) is 5.56 Å². The van der Waals surface area contributed by atoms with Gasteiger partial charge in [-0.1, -0.05) is 23.7 Å². The van der Waals surface area contributed by atoms with E-state index in [1.165, 1.54) is 0 Å². The van der Waals surface area contributed by atoms with Gasteiger partial charge in [-0.05, 0) is 50.4 Å². The maximum absolute atomic E-state index is 13.6. The zero-order valence-electron chi connectivity index (χ0n) is 15.2. The van der Waals surface area contributed by atoms with Gasteiger partial charge < -0.3 is 4.98 Å². The van der Waals surface area contributed by atoms with Crippen molar-refractivity contribution in [1.29, 1.82) is 0 Å². The summed E-state index contributed by atoms with van der Waals surface area (Å²) in [6, 6.07) is 5.18. The standard InChI is InChI=1S/C19H21ClF3N3O/c1-11-8-13(5-6-15(11)20)9-14-17(19(21,22)23)24-16(25-18(14)27)10-26-7-3-4-12(26)2/h5-6,8,12H,3-4,7,9-10H2,1-2H3,(H,24,25,27). The van der Waals surface area contributed by atoms with Crippen LogP contribution in [0.4, 0.5) is 13.2 Å². The van der Waals surface area contributed by atoms with Gasteiger partial charge in [-0.15, -0.1) is 0 Å². The van der Waals surface area contributed by atoms with Gasteiger partial charge in [-0.25, -0.2) is 4.98 Å². The molecular formula is C19H21ClF3N3O. The number of rotatable bonds is 4. The average molecular weight is 400 g/mol. The van der Waals surface area contributed by atoms with Crippen LogP contribution in [0, 0.1) is 6.92 Å². The maximum atomic E-state index is 13.6. The van der Waals surface area contributed by atoms with Crippen LogP contribution in [-0.2, 0) is 19.1 Å². The van der Waals surface area contributed by atoms with Crippen molar-refractivity contribution in [3.63, 3.8) is 0 Å². The summed E-state index contributed by atoms with van der Waals surface area (Å²) < 4.78 is 40.8. The molecule has 8 heteroatoms. The molecule has 1 N–H and O–H groups in total. The number of hydrogen-bond donors (Lipinski definition) is 1. The van der Waals surface area contributed by atoms with Gasteiger partial charge in [0.2, 0.25) is 0 Å². The van der Waals surface area contributed by atoms with Crippen LogP contribution in [0.3, 0.4) is 0 Å². The van der Waals surface area contributed by atoms with E-state index in [1.54, 1.807) is 25.1 Å². The van der Waals surface area contributed by atoms with Crippen LogP contribution in [0.25, 0.3) is 0 Å². The van der Waals surface area contributed by atoms with E-state index >= 15 is 0 Å². The minimum Gasteiger partial charge on any atom is -0.309 e. The van der Waals surface area contributed by atoms with Crippen LogP contribution >= 0.6 is 11.6 Å². The van der Waals surface area contributed by atoms with E-state index < -0.39 is 17.4 Å². The number of hydrogen-bond acceptors (Lipinski definition) is 3. The van der Waals surface area contributed by atoms with Gasteiger partial charge >= 0.3 is 6.18 Å². The maximum Gasteiger partial charge on any atom is 0.433 e. The highest BCUT2D eigenvalue weighted by Gasteiger charge is 2.37. The fraction of sp³-hybridized carbons (Fsp3) is 0.474. The quantitative estimate of drug-likeness (QED) is 0.832. The number of alkyl halides is 3. The molecule has 2 aromatic rings. The number of halogens is 4. The normalized spacial score (nSPS) is 18.2. The Bertz CT molecular complexity index is 895. The number of nitrogens with one attached hydrogen (secondary N) is 1. The van der Waals surface area contributed by atoms with E-state index in [1.807, 2.05) is 11.8 Å². The Balaban J connectivity index is 1.97. The van der Waals surface area contributed by atoms with Crippen LogP contribution in [0.2, 0.25) is 5.02 Å².